The predicted octanol–water partition coefficient (Wildman–Crippen LogP) is 1.88. The highest BCUT2D eigenvalue weighted by Gasteiger charge is 2.20. The standard InChI is InChI=1S/C12H17BrN2O3S/c13-9-3-4-11(14)12(8-9)19(16,17)15-6-5-10-2-1-7-18-10/h3-4,8,10,15H,1-2,5-7,14H2. The largest absolute Gasteiger partial charge is 0.398 e. The lowest BCUT2D eigenvalue weighted by atomic mass is 10.2. The molecule has 1 heterocycles. The smallest absolute Gasteiger partial charge is 0.242 e. The number of hydrogen-bond acceptors (Lipinski definition) is 4. The van der Waals surface area contributed by atoms with Crippen molar-refractivity contribution in [2.45, 2.75) is 30.3 Å². The molecule has 0 radical (unpaired) electrons. The van der Waals surface area contributed by atoms with E-state index in [0.717, 1.165) is 19.4 Å². The van der Waals surface area contributed by atoms with Crippen LogP contribution in [-0.2, 0) is 14.8 Å². The maximum absolute atomic E-state index is 12.1. The van der Waals surface area contributed by atoms with Gasteiger partial charge in [-0.25, -0.2) is 13.1 Å². The zero-order chi connectivity index (χ0) is 13.9. The van der Waals surface area contributed by atoms with Crippen LogP contribution in [0.1, 0.15) is 19.3 Å². The van der Waals surface area contributed by atoms with E-state index in [9.17, 15) is 8.42 Å². The van der Waals surface area contributed by atoms with Gasteiger partial charge in [-0.15, -0.1) is 0 Å². The monoisotopic (exact) mass is 348 g/mol. The van der Waals surface area contributed by atoms with E-state index >= 15 is 0 Å². The van der Waals surface area contributed by atoms with Gasteiger partial charge in [-0.3, -0.25) is 0 Å². The summed E-state index contributed by atoms with van der Waals surface area (Å²) in [5.41, 5.74) is 5.95. The lowest BCUT2D eigenvalue weighted by Crippen LogP contribution is -2.27. The summed E-state index contributed by atoms with van der Waals surface area (Å²) in [6.45, 7) is 1.13. The van der Waals surface area contributed by atoms with Gasteiger partial charge in [0.2, 0.25) is 10.0 Å². The summed E-state index contributed by atoms with van der Waals surface area (Å²) in [7, 11) is -3.57. The fraction of sp³-hybridized carbons (Fsp3) is 0.500. The Hall–Kier alpha value is -0.630. The second kappa shape index (κ2) is 6.21. The minimum Gasteiger partial charge on any atom is -0.398 e. The van der Waals surface area contributed by atoms with E-state index in [1.54, 1.807) is 12.1 Å². The summed E-state index contributed by atoms with van der Waals surface area (Å²) >= 11 is 3.24. The minimum absolute atomic E-state index is 0.106. The normalized spacial score (nSPS) is 19.7. The molecule has 0 spiro atoms. The molecule has 106 valence electrons. The Balaban J connectivity index is 1.99. The summed E-state index contributed by atoms with van der Waals surface area (Å²) in [4.78, 5) is 0.106. The van der Waals surface area contributed by atoms with Crippen molar-refractivity contribution in [3.05, 3.63) is 22.7 Å². The van der Waals surface area contributed by atoms with Gasteiger partial charge in [0.15, 0.2) is 0 Å². The van der Waals surface area contributed by atoms with Gasteiger partial charge in [0.1, 0.15) is 4.90 Å². The Labute approximate surface area is 121 Å². The van der Waals surface area contributed by atoms with Gasteiger partial charge in [-0.2, -0.15) is 0 Å². The van der Waals surface area contributed by atoms with Crippen molar-refractivity contribution in [2.24, 2.45) is 0 Å². The average Bonchev–Trinajstić information content (AvgIpc) is 2.85. The molecular weight excluding hydrogens is 332 g/mol. The van der Waals surface area contributed by atoms with Crippen LogP contribution in [0.4, 0.5) is 5.69 Å². The third-order valence-electron chi connectivity index (χ3n) is 3.05. The summed E-state index contributed by atoms with van der Waals surface area (Å²) in [6.07, 6.45) is 2.91. The molecule has 1 atom stereocenters. The average molecular weight is 349 g/mol. The van der Waals surface area contributed by atoms with Crippen LogP contribution in [-0.4, -0.2) is 27.7 Å². The quantitative estimate of drug-likeness (QED) is 0.796. The van der Waals surface area contributed by atoms with Crippen LogP contribution in [0.25, 0.3) is 0 Å². The van der Waals surface area contributed by atoms with Crippen LogP contribution in [0.2, 0.25) is 0 Å². The van der Waals surface area contributed by atoms with Crippen LogP contribution in [0.3, 0.4) is 0 Å². The molecule has 19 heavy (non-hydrogen) atoms. The number of halogens is 1. The Morgan fingerprint density at radius 3 is 2.95 bits per heavy atom. The molecule has 1 aromatic carbocycles. The van der Waals surface area contributed by atoms with Crippen LogP contribution < -0.4 is 10.5 Å². The first-order valence-corrected chi connectivity index (χ1v) is 8.43. The van der Waals surface area contributed by atoms with E-state index in [0.29, 0.717) is 17.4 Å². The number of nitrogen functional groups attached to an aromatic ring is 1. The maximum Gasteiger partial charge on any atom is 0.242 e. The minimum atomic E-state index is -3.57. The molecule has 1 aliphatic rings. The van der Waals surface area contributed by atoms with Gasteiger partial charge < -0.3 is 10.5 Å². The molecule has 1 aromatic rings. The molecule has 3 N–H and O–H groups in total. The molecule has 1 saturated heterocycles. The summed E-state index contributed by atoms with van der Waals surface area (Å²) < 4.78 is 32.9. The molecule has 1 aliphatic heterocycles. The van der Waals surface area contributed by atoms with E-state index in [1.165, 1.54) is 6.07 Å². The first-order valence-electron chi connectivity index (χ1n) is 6.15. The third-order valence-corrected chi connectivity index (χ3v) is 5.06. The SMILES string of the molecule is Nc1ccc(Br)cc1S(=O)(=O)NCCC1CCCO1. The van der Waals surface area contributed by atoms with E-state index < -0.39 is 10.0 Å². The molecule has 0 bridgehead atoms. The molecular formula is C12H17BrN2O3S. The van der Waals surface area contributed by atoms with Gasteiger partial charge in [-0.05, 0) is 37.5 Å². The van der Waals surface area contributed by atoms with Gasteiger partial charge in [0.25, 0.3) is 0 Å². The molecule has 7 heteroatoms. The number of nitrogens with two attached hydrogens (primary N) is 1. The molecule has 0 aromatic heterocycles. The lowest BCUT2D eigenvalue weighted by Gasteiger charge is -2.12. The van der Waals surface area contributed by atoms with E-state index in [2.05, 4.69) is 20.7 Å². The van der Waals surface area contributed by atoms with Crippen molar-refractivity contribution in [2.75, 3.05) is 18.9 Å². The number of ether oxygens (including phenoxy) is 1. The van der Waals surface area contributed by atoms with Crippen molar-refractivity contribution in [3.63, 3.8) is 0 Å². The highest BCUT2D eigenvalue weighted by molar-refractivity contribution is 9.10. The first-order chi connectivity index (χ1) is 8.99. The fourth-order valence-electron chi connectivity index (χ4n) is 2.04. The molecule has 0 amide bonds. The zero-order valence-corrected chi connectivity index (χ0v) is 12.8. The van der Waals surface area contributed by atoms with E-state index in [4.69, 9.17) is 10.5 Å². The van der Waals surface area contributed by atoms with Gasteiger partial charge in [-0.1, -0.05) is 15.9 Å². The zero-order valence-electron chi connectivity index (χ0n) is 10.4. The number of nitrogens with one attached hydrogen (secondary N) is 1. The topological polar surface area (TPSA) is 81.4 Å². The van der Waals surface area contributed by atoms with Gasteiger partial charge in [0.05, 0.1) is 11.8 Å². The van der Waals surface area contributed by atoms with Crippen molar-refractivity contribution >= 4 is 31.6 Å². The molecule has 1 fully saturated rings. The van der Waals surface area contributed by atoms with Crippen LogP contribution in [0.5, 0.6) is 0 Å². The first kappa shape index (κ1) is 14.8. The van der Waals surface area contributed by atoms with Crippen molar-refractivity contribution in [1.82, 2.24) is 4.72 Å². The number of rotatable bonds is 5. The number of sulfonamides is 1. The summed E-state index contributed by atoms with van der Waals surface area (Å²) in [5, 5.41) is 0. The fourth-order valence-corrected chi connectivity index (χ4v) is 3.76. The molecule has 5 nitrogen and oxygen atoms in total. The third kappa shape index (κ3) is 3.92. The number of hydrogen-bond donors (Lipinski definition) is 2. The maximum atomic E-state index is 12.1. The van der Waals surface area contributed by atoms with E-state index in [-0.39, 0.29) is 16.7 Å². The lowest BCUT2D eigenvalue weighted by molar-refractivity contribution is 0.105. The van der Waals surface area contributed by atoms with Crippen molar-refractivity contribution in [1.29, 1.82) is 0 Å². The van der Waals surface area contributed by atoms with E-state index in [1.807, 2.05) is 0 Å². The number of anilines is 1. The Morgan fingerprint density at radius 1 is 1.47 bits per heavy atom. The predicted molar refractivity (Wildman–Crippen MR) is 77.3 cm³/mol. The molecule has 0 aliphatic carbocycles. The molecule has 2 rings (SSSR count). The second-order valence-electron chi connectivity index (χ2n) is 4.50. The summed E-state index contributed by atoms with van der Waals surface area (Å²) in [6, 6.07) is 4.78. The molecule has 0 saturated carbocycles. The van der Waals surface area contributed by atoms with Crippen LogP contribution >= 0.6 is 15.9 Å². The highest BCUT2D eigenvalue weighted by atomic mass is 79.9. The Morgan fingerprint density at radius 2 is 2.26 bits per heavy atom. The highest BCUT2D eigenvalue weighted by Crippen LogP contribution is 2.23. The van der Waals surface area contributed by atoms with Crippen molar-refractivity contribution in [3.8, 4) is 0 Å². The van der Waals surface area contributed by atoms with Gasteiger partial charge >= 0.3 is 0 Å². The van der Waals surface area contributed by atoms with Crippen molar-refractivity contribution < 1.29 is 13.2 Å². The van der Waals surface area contributed by atoms with Crippen LogP contribution in [0, 0.1) is 0 Å². The second-order valence-corrected chi connectivity index (χ2v) is 7.15. The summed E-state index contributed by atoms with van der Waals surface area (Å²) in [5.74, 6) is 0. The number of benzene rings is 1. The Kier molecular flexibility index (Phi) is 4.83. The van der Waals surface area contributed by atoms with Gasteiger partial charge in [0, 0.05) is 17.6 Å². The van der Waals surface area contributed by atoms with Crippen LogP contribution in [0.15, 0.2) is 27.6 Å². The Bertz CT molecular complexity index is 542. The molecule has 1 unspecified atom stereocenters.